The minimum absolute atomic E-state index is 0.442. The SMILES string of the molecule is NC(=O)c1ccccc1-c1cc(-c2ccccc2)c2nc(-c3ccccc3)cn2c1. The molecule has 5 aromatic rings. The predicted molar refractivity (Wildman–Crippen MR) is 120 cm³/mol. The molecule has 4 heteroatoms. The lowest BCUT2D eigenvalue weighted by atomic mass is 9.97. The summed E-state index contributed by atoms with van der Waals surface area (Å²) in [6.45, 7) is 0. The van der Waals surface area contributed by atoms with Crippen molar-refractivity contribution in [1.29, 1.82) is 0 Å². The fourth-order valence-corrected chi connectivity index (χ4v) is 3.77. The van der Waals surface area contributed by atoms with Gasteiger partial charge >= 0.3 is 0 Å². The van der Waals surface area contributed by atoms with E-state index in [1.165, 1.54) is 0 Å². The summed E-state index contributed by atoms with van der Waals surface area (Å²) in [5, 5.41) is 0. The third-order valence-electron chi connectivity index (χ3n) is 5.21. The van der Waals surface area contributed by atoms with Crippen LogP contribution in [0.2, 0.25) is 0 Å². The fraction of sp³-hybridized carbons (Fsp3) is 0. The Bertz CT molecular complexity index is 1360. The summed E-state index contributed by atoms with van der Waals surface area (Å²) < 4.78 is 2.03. The number of primary amides is 1. The first-order valence-corrected chi connectivity index (χ1v) is 9.73. The molecule has 0 aliphatic carbocycles. The first-order chi connectivity index (χ1) is 14.7. The molecule has 2 aromatic heterocycles. The first-order valence-electron chi connectivity index (χ1n) is 9.73. The second kappa shape index (κ2) is 7.33. The summed E-state index contributed by atoms with van der Waals surface area (Å²) >= 11 is 0. The maximum Gasteiger partial charge on any atom is 0.249 e. The fourth-order valence-electron chi connectivity index (χ4n) is 3.77. The van der Waals surface area contributed by atoms with Crippen LogP contribution in [0.1, 0.15) is 10.4 Å². The normalized spacial score (nSPS) is 10.9. The third-order valence-corrected chi connectivity index (χ3v) is 5.21. The Labute approximate surface area is 174 Å². The van der Waals surface area contributed by atoms with E-state index in [1.54, 1.807) is 6.07 Å². The van der Waals surface area contributed by atoms with Crippen LogP contribution < -0.4 is 5.73 Å². The van der Waals surface area contributed by atoms with E-state index in [1.807, 2.05) is 83.5 Å². The van der Waals surface area contributed by atoms with Gasteiger partial charge in [-0.3, -0.25) is 4.79 Å². The first kappa shape index (κ1) is 17.9. The number of carbonyl (C=O) groups is 1. The summed E-state index contributed by atoms with van der Waals surface area (Å²) in [5.74, 6) is -0.442. The number of pyridine rings is 1. The van der Waals surface area contributed by atoms with E-state index < -0.39 is 5.91 Å². The van der Waals surface area contributed by atoms with Crippen molar-refractivity contribution in [3.8, 4) is 33.5 Å². The zero-order chi connectivity index (χ0) is 20.5. The van der Waals surface area contributed by atoms with Gasteiger partial charge in [0.05, 0.1) is 5.69 Å². The highest BCUT2D eigenvalue weighted by Gasteiger charge is 2.15. The molecule has 0 fully saturated rings. The molecule has 2 N–H and O–H groups in total. The highest BCUT2D eigenvalue weighted by atomic mass is 16.1. The van der Waals surface area contributed by atoms with Gasteiger partial charge in [0.1, 0.15) is 5.65 Å². The molecule has 2 heterocycles. The van der Waals surface area contributed by atoms with Gasteiger partial charge in [-0.05, 0) is 28.8 Å². The van der Waals surface area contributed by atoms with E-state index in [0.29, 0.717) is 5.56 Å². The molecule has 3 aromatic carbocycles. The third kappa shape index (κ3) is 3.14. The Balaban J connectivity index is 1.79. The molecular weight excluding hydrogens is 370 g/mol. The molecule has 1 amide bonds. The lowest BCUT2D eigenvalue weighted by Gasteiger charge is -2.11. The average molecular weight is 389 g/mol. The van der Waals surface area contributed by atoms with Crippen LogP contribution in [-0.4, -0.2) is 15.3 Å². The topological polar surface area (TPSA) is 60.4 Å². The van der Waals surface area contributed by atoms with E-state index in [2.05, 4.69) is 18.2 Å². The van der Waals surface area contributed by atoms with Crippen molar-refractivity contribution in [2.24, 2.45) is 5.73 Å². The van der Waals surface area contributed by atoms with Crippen molar-refractivity contribution in [1.82, 2.24) is 9.38 Å². The van der Waals surface area contributed by atoms with Crippen LogP contribution in [0.5, 0.6) is 0 Å². The zero-order valence-corrected chi connectivity index (χ0v) is 16.2. The molecule has 0 bridgehead atoms. The van der Waals surface area contributed by atoms with Crippen molar-refractivity contribution in [2.75, 3.05) is 0 Å². The highest BCUT2D eigenvalue weighted by molar-refractivity contribution is 6.00. The predicted octanol–water partition coefficient (Wildman–Crippen LogP) is 5.43. The molecule has 0 saturated heterocycles. The van der Waals surface area contributed by atoms with Crippen LogP contribution in [0.3, 0.4) is 0 Å². The van der Waals surface area contributed by atoms with E-state index in [9.17, 15) is 4.79 Å². The lowest BCUT2D eigenvalue weighted by Crippen LogP contribution is -2.12. The van der Waals surface area contributed by atoms with Gasteiger partial charge in [0.15, 0.2) is 0 Å². The van der Waals surface area contributed by atoms with Crippen molar-refractivity contribution >= 4 is 11.6 Å². The second-order valence-corrected chi connectivity index (χ2v) is 7.14. The standard InChI is InChI=1S/C26H19N3O/c27-25(30)22-14-8-7-13-21(22)20-15-23(18-9-3-1-4-10-18)26-28-24(17-29(26)16-20)19-11-5-2-6-12-19/h1-17H,(H2,27,30). The Morgan fingerprint density at radius 1 is 0.700 bits per heavy atom. The number of rotatable bonds is 4. The second-order valence-electron chi connectivity index (χ2n) is 7.14. The molecule has 30 heavy (non-hydrogen) atoms. The van der Waals surface area contributed by atoms with Gasteiger partial charge in [-0.15, -0.1) is 0 Å². The van der Waals surface area contributed by atoms with Crippen molar-refractivity contribution in [2.45, 2.75) is 0 Å². The van der Waals surface area contributed by atoms with Gasteiger partial charge in [-0.1, -0.05) is 78.9 Å². The zero-order valence-electron chi connectivity index (χ0n) is 16.2. The maximum absolute atomic E-state index is 12.0. The Kier molecular flexibility index (Phi) is 4.37. The number of nitrogens with zero attached hydrogens (tertiary/aromatic N) is 2. The summed E-state index contributed by atoms with van der Waals surface area (Å²) in [4.78, 5) is 16.9. The molecule has 0 spiro atoms. The molecule has 0 saturated carbocycles. The summed E-state index contributed by atoms with van der Waals surface area (Å²) in [6.07, 6.45) is 4.02. The molecule has 144 valence electrons. The summed E-state index contributed by atoms with van der Waals surface area (Å²) in [6, 6.07) is 29.7. The maximum atomic E-state index is 12.0. The monoisotopic (exact) mass is 389 g/mol. The van der Waals surface area contributed by atoms with E-state index in [0.717, 1.165) is 39.2 Å². The highest BCUT2D eigenvalue weighted by Crippen LogP contribution is 2.33. The van der Waals surface area contributed by atoms with Crippen LogP contribution in [0.15, 0.2) is 103 Å². The van der Waals surface area contributed by atoms with Crippen LogP contribution >= 0.6 is 0 Å². The smallest absolute Gasteiger partial charge is 0.249 e. The Morgan fingerprint density at radius 2 is 1.33 bits per heavy atom. The molecule has 0 radical (unpaired) electrons. The number of aromatic nitrogens is 2. The van der Waals surface area contributed by atoms with Gasteiger partial charge in [0.25, 0.3) is 0 Å². The molecule has 0 aliphatic heterocycles. The summed E-state index contributed by atoms with van der Waals surface area (Å²) in [5.41, 5.74) is 12.7. The van der Waals surface area contributed by atoms with Gasteiger partial charge in [-0.2, -0.15) is 0 Å². The number of benzene rings is 3. The van der Waals surface area contributed by atoms with Crippen LogP contribution in [0.25, 0.3) is 39.2 Å². The van der Waals surface area contributed by atoms with E-state index in [-0.39, 0.29) is 0 Å². The Hall–Kier alpha value is -4.18. The van der Waals surface area contributed by atoms with Crippen LogP contribution in [0.4, 0.5) is 0 Å². The molecule has 0 aliphatic rings. The molecule has 4 nitrogen and oxygen atoms in total. The van der Waals surface area contributed by atoms with Gasteiger partial charge in [0.2, 0.25) is 5.91 Å². The van der Waals surface area contributed by atoms with E-state index >= 15 is 0 Å². The minimum atomic E-state index is -0.442. The van der Waals surface area contributed by atoms with Crippen molar-refractivity contribution in [3.05, 3.63) is 109 Å². The minimum Gasteiger partial charge on any atom is -0.366 e. The van der Waals surface area contributed by atoms with Crippen LogP contribution in [0, 0.1) is 0 Å². The number of hydrogen-bond donors (Lipinski definition) is 1. The van der Waals surface area contributed by atoms with Gasteiger partial charge < -0.3 is 10.1 Å². The number of carbonyl (C=O) groups excluding carboxylic acids is 1. The number of hydrogen-bond acceptors (Lipinski definition) is 2. The largest absolute Gasteiger partial charge is 0.366 e. The summed E-state index contributed by atoms with van der Waals surface area (Å²) in [7, 11) is 0. The van der Waals surface area contributed by atoms with Gasteiger partial charge in [0, 0.05) is 29.1 Å². The molecule has 0 unspecified atom stereocenters. The number of amides is 1. The molecular formula is C26H19N3O. The number of nitrogens with two attached hydrogens (primary N) is 1. The lowest BCUT2D eigenvalue weighted by molar-refractivity contribution is 0.100. The molecule has 0 atom stereocenters. The number of imidazole rings is 1. The Morgan fingerprint density at radius 3 is 2.03 bits per heavy atom. The van der Waals surface area contributed by atoms with Crippen LogP contribution in [-0.2, 0) is 0 Å². The van der Waals surface area contributed by atoms with Crippen molar-refractivity contribution in [3.63, 3.8) is 0 Å². The molecule has 5 rings (SSSR count). The number of fused-ring (bicyclic) bond motifs is 1. The van der Waals surface area contributed by atoms with Gasteiger partial charge in [-0.25, -0.2) is 4.98 Å². The quantitative estimate of drug-likeness (QED) is 0.445. The van der Waals surface area contributed by atoms with E-state index in [4.69, 9.17) is 10.7 Å². The average Bonchev–Trinajstić information content (AvgIpc) is 3.24. The van der Waals surface area contributed by atoms with Crippen molar-refractivity contribution < 1.29 is 4.79 Å².